The topological polar surface area (TPSA) is 91.1 Å². The standard InChI is InChI=1S/C18H17N3O3S/c1-11-8-17(22)21-16-7-6-13(10-15(11)16)20-18(23)12-4-3-5-14(9-12)25(24)19-2/h3-10,19H,1-2H3,(H,20,23)(H,21,22). The molecule has 0 fully saturated rings. The summed E-state index contributed by atoms with van der Waals surface area (Å²) in [6.07, 6.45) is 0. The van der Waals surface area contributed by atoms with Crippen LogP contribution in [-0.2, 0) is 11.0 Å². The van der Waals surface area contributed by atoms with Gasteiger partial charge in [0.15, 0.2) is 0 Å². The predicted molar refractivity (Wildman–Crippen MR) is 99.2 cm³/mol. The maximum Gasteiger partial charge on any atom is 0.255 e. The van der Waals surface area contributed by atoms with Gasteiger partial charge in [0.2, 0.25) is 5.56 Å². The fraction of sp³-hybridized carbons (Fsp3) is 0.111. The lowest BCUT2D eigenvalue weighted by atomic mass is 10.1. The Bertz CT molecular complexity index is 1040. The first-order valence-corrected chi connectivity index (χ1v) is 8.77. The minimum absolute atomic E-state index is 0.156. The van der Waals surface area contributed by atoms with Gasteiger partial charge in [0.1, 0.15) is 11.0 Å². The molecule has 3 rings (SSSR count). The highest BCUT2D eigenvalue weighted by Gasteiger charge is 2.10. The molecule has 0 saturated heterocycles. The van der Waals surface area contributed by atoms with Crippen LogP contribution in [0.25, 0.3) is 10.9 Å². The number of nitrogens with one attached hydrogen (secondary N) is 3. The number of aromatic nitrogens is 1. The van der Waals surface area contributed by atoms with E-state index >= 15 is 0 Å². The zero-order chi connectivity index (χ0) is 18.0. The molecule has 0 aliphatic heterocycles. The number of rotatable bonds is 4. The van der Waals surface area contributed by atoms with Gasteiger partial charge in [-0.25, -0.2) is 8.93 Å². The molecule has 3 aromatic rings. The molecule has 1 heterocycles. The van der Waals surface area contributed by atoms with E-state index in [1.807, 2.05) is 13.0 Å². The smallest absolute Gasteiger partial charge is 0.255 e. The second-order valence-electron chi connectivity index (χ2n) is 5.53. The molecule has 0 saturated carbocycles. The molecule has 1 aromatic heterocycles. The van der Waals surface area contributed by atoms with Gasteiger partial charge in [0, 0.05) is 28.2 Å². The molecular formula is C18H17N3O3S. The highest BCUT2D eigenvalue weighted by molar-refractivity contribution is 7.83. The summed E-state index contributed by atoms with van der Waals surface area (Å²) in [4.78, 5) is 27.3. The fourth-order valence-corrected chi connectivity index (χ4v) is 3.25. The molecular weight excluding hydrogens is 338 g/mol. The van der Waals surface area contributed by atoms with Gasteiger partial charge in [0.05, 0.1) is 4.90 Å². The number of hydrogen-bond acceptors (Lipinski definition) is 3. The normalized spacial score (nSPS) is 12.1. The number of pyridine rings is 1. The minimum Gasteiger partial charge on any atom is -0.322 e. The van der Waals surface area contributed by atoms with Crippen LogP contribution in [-0.4, -0.2) is 22.1 Å². The van der Waals surface area contributed by atoms with E-state index in [4.69, 9.17) is 0 Å². The van der Waals surface area contributed by atoms with E-state index < -0.39 is 11.0 Å². The first-order chi connectivity index (χ1) is 12.0. The second kappa shape index (κ2) is 7.00. The Labute approximate surface area is 146 Å². The van der Waals surface area contributed by atoms with Crippen LogP contribution in [0.2, 0.25) is 0 Å². The summed E-state index contributed by atoms with van der Waals surface area (Å²) < 4.78 is 14.4. The van der Waals surface area contributed by atoms with Crippen molar-refractivity contribution in [2.24, 2.45) is 0 Å². The number of H-pyrrole nitrogens is 1. The van der Waals surface area contributed by atoms with Crippen molar-refractivity contribution in [2.45, 2.75) is 11.8 Å². The van der Waals surface area contributed by atoms with Gasteiger partial charge in [-0.2, -0.15) is 0 Å². The highest BCUT2D eigenvalue weighted by atomic mass is 32.2. The molecule has 128 valence electrons. The van der Waals surface area contributed by atoms with Gasteiger partial charge < -0.3 is 10.3 Å². The van der Waals surface area contributed by atoms with E-state index in [-0.39, 0.29) is 11.5 Å². The van der Waals surface area contributed by atoms with Crippen molar-refractivity contribution >= 4 is 33.5 Å². The molecule has 1 atom stereocenters. The third-order valence-corrected chi connectivity index (χ3v) is 4.86. The lowest BCUT2D eigenvalue weighted by Crippen LogP contribution is -2.14. The molecule has 7 heteroatoms. The lowest BCUT2D eigenvalue weighted by molar-refractivity contribution is 0.102. The predicted octanol–water partition coefficient (Wildman–Crippen LogP) is 2.33. The van der Waals surface area contributed by atoms with Crippen LogP contribution < -0.4 is 15.6 Å². The molecule has 6 nitrogen and oxygen atoms in total. The summed E-state index contributed by atoms with van der Waals surface area (Å²) in [5.74, 6) is -0.295. The first kappa shape index (κ1) is 17.1. The molecule has 1 unspecified atom stereocenters. The van der Waals surface area contributed by atoms with Crippen molar-refractivity contribution in [1.29, 1.82) is 0 Å². The Hall–Kier alpha value is -2.77. The van der Waals surface area contributed by atoms with E-state index in [9.17, 15) is 13.8 Å². The Morgan fingerprint density at radius 2 is 1.92 bits per heavy atom. The molecule has 0 aliphatic rings. The number of hydrogen-bond donors (Lipinski definition) is 3. The third-order valence-electron chi connectivity index (χ3n) is 3.80. The van der Waals surface area contributed by atoms with Crippen molar-refractivity contribution in [2.75, 3.05) is 12.4 Å². The zero-order valence-electron chi connectivity index (χ0n) is 13.8. The summed E-state index contributed by atoms with van der Waals surface area (Å²) in [6, 6.07) is 13.4. The Morgan fingerprint density at radius 1 is 1.12 bits per heavy atom. The summed E-state index contributed by atoms with van der Waals surface area (Å²) in [5, 5.41) is 3.69. The minimum atomic E-state index is -1.35. The molecule has 0 aliphatic carbocycles. The number of carbonyl (C=O) groups is 1. The molecule has 25 heavy (non-hydrogen) atoms. The van der Waals surface area contributed by atoms with Gasteiger partial charge in [-0.15, -0.1) is 0 Å². The first-order valence-electron chi connectivity index (χ1n) is 7.62. The van der Waals surface area contributed by atoms with Gasteiger partial charge in [-0.3, -0.25) is 9.59 Å². The SMILES string of the molecule is CNS(=O)c1cccc(C(=O)Nc2ccc3[nH]c(=O)cc(C)c3c2)c1. The van der Waals surface area contributed by atoms with E-state index in [1.165, 1.54) is 6.07 Å². The Balaban J connectivity index is 1.89. The van der Waals surface area contributed by atoms with Crippen molar-refractivity contribution < 1.29 is 9.00 Å². The van der Waals surface area contributed by atoms with Crippen LogP contribution in [0.5, 0.6) is 0 Å². The Kier molecular flexibility index (Phi) is 4.78. The number of aromatic amines is 1. The van der Waals surface area contributed by atoms with Crippen LogP contribution in [0.1, 0.15) is 15.9 Å². The number of aryl methyl sites for hydroxylation is 1. The summed E-state index contributed by atoms with van der Waals surface area (Å²) in [7, 11) is 0.237. The van der Waals surface area contributed by atoms with Gasteiger partial charge in [-0.05, 0) is 55.9 Å². The maximum atomic E-state index is 12.5. The van der Waals surface area contributed by atoms with Crippen LogP contribution in [0.4, 0.5) is 5.69 Å². The summed E-state index contributed by atoms with van der Waals surface area (Å²) in [5.41, 5.74) is 2.43. The van der Waals surface area contributed by atoms with Gasteiger partial charge in [-0.1, -0.05) is 6.07 Å². The fourth-order valence-electron chi connectivity index (χ4n) is 2.57. The number of amides is 1. The molecule has 0 radical (unpaired) electrons. The quantitative estimate of drug-likeness (QED) is 0.671. The lowest BCUT2D eigenvalue weighted by Gasteiger charge is -2.09. The maximum absolute atomic E-state index is 12.5. The third kappa shape index (κ3) is 3.67. The number of fused-ring (bicyclic) bond motifs is 1. The number of benzene rings is 2. The van der Waals surface area contributed by atoms with E-state index in [1.54, 1.807) is 43.4 Å². The van der Waals surface area contributed by atoms with Gasteiger partial charge in [0.25, 0.3) is 5.91 Å². The molecule has 3 N–H and O–H groups in total. The summed E-state index contributed by atoms with van der Waals surface area (Å²) >= 11 is 0. The van der Waals surface area contributed by atoms with Crippen molar-refractivity contribution in [1.82, 2.24) is 9.71 Å². The monoisotopic (exact) mass is 355 g/mol. The second-order valence-corrected chi connectivity index (χ2v) is 6.95. The van der Waals surface area contributed by atoms with E-state index in [0.29, 0.717) is 16.1 Å². The number of anilines is 1. The molecule has 0 bridgehead atoms. The molecule has 1 amide bonds. The van der Waals surface area contributed by atoms with Crippen LogP contribution in [0, 0.1) is 6.92 Å². The van der Waals surface area contributed by atoms with Crippen molar-refractivity contribution in [3.05, 3.63) is 70.0 Å². The zero-order valence-corrected chi connectivity index (χ0v) is 14.6. The van der Waals surface area contributed by atoms with E-state index in [0.717, 1.165) is 16.5 Å². The Morgan fingerprint density at radius 3 is 2.68 bits per heavy atom. The molecule has 2 aromatic carbocycles. The number of carbonyl (C=O) groups excluding carboxylic acids is 1. The van der Waals surface area contributed by atoms with Crippen LogP contribution in [0.3, 0.4) is 0 Å². The van der Waals surface area contributed by atoms with Gasteiger partial charge >= 0.3 is 0 Å². The summed E-state index contributed by atoms with van der Waals surface area (Å²) in [6.45, 7) is 1.85. The van der Waals surface area contributed by atoms with Crippen LogP contribution in [0.15, 0.2) is 58.2 Å². The highest BCUT2D eigenvalue weighted by Crippen LogP contribution is 2.20. The average molecular weight is 355 g/mol. The molecule has 0 spiro atoms. The van der Waals surface area contributed by atoms with Crippen molar-refractivity contribution in [3.63, 3.8) is 0 Å². The van der Waals surface area contributed by atoms with Crippen LogP contribution >= 0.6 is 0 Å². The van der Waals surface area contributed by atoms with Crippen molar-refractivity contribution in [3.8, 4) is 0 Å². The van der Waals surface area contributed by atoms with E-state index in [2.05, 4.69) is 15.0 Å². The largest absolute Gasteiger partial charge is 0.322 e. The average Bonchev–Trinajstić information content (AvgIpc) is 2.61.